The number of hydrogen-bond acceptors (Lipinski definition) is 1. The van der Waals surface area contributed by atoms with E-state index < -0.39 is 0 Å². The van der Waals surface area contributed by atoms with Crippen LogP contribution in [0.15, 0.2) is 60.9 Å². The number of rotatable bonds is 13. The number of halogens is 2. The topological polar surface area (TPSA) is 20.9 Å². The molecule has 0 aliphatic rings. The van der Waals surface area contributed by atoms with Crippen LogP contribution in [0.4, 0.5) is 0 Å². The van der Waals surface area contributed by atoms with Gasteiger partial charge in [0.25, 0.3) is 0 Å². The molecule has 0 bridgehead atoms. The number of ketones is 1. The molecule has 1 aromatic heterocycles. The van der Waals surface area contributed by atoms with Gasteiger partial charge >= 0.3 is 0 Å². The van der Waals surface area contributed by atoms with Gasteiger partial charge in [0.2, 0.25) is 0 Å². The number of allylic oxidation sites excluding steroid dienone is 1. The molecule has 0 radical (unpaired) electrons. The Bertz CT molecular complexity index is 684. The van der Waals surface area contributed by atoms with Crippen molar-refractivity contribution in [3.8, 4) is 0 Å². The molecule has 0 fully saturated rings. The van der Waals surface area contributed by atoms with Gasteiger partial charge in [0.15, 0.2) is 18.2 Å². The fourth-order valence-electron chi connectivity index (χ4n) is 3.05. The smallest absolute Gasteiger partial charge is 0.185 e. The van der Waals surface area contributed by atoms with E-state index in [4.69, 9.17) is 0 Å². The minimum absolute atomic E-state index is 0. The number of carbonyl (C=O) groups excluding carboxylic acids is 1. The fraction of sp³-hybridized carbons (Fsp3) is 0.417. The van der Waals surface area contributed by atoms with Gasteiger partial charge in [0.05, 0.1) is 0 Å². The van der Waals surface area contributed by atoms with Crippen molar-refractivity contribution < 1.29 is 26.3 Å². The van der Waals surface area contributed by atoms with Crippen LogP contribution < -0.4 is 21.5 Å². The standard InChI is InChI=1S/C24H31BrNO.BrH/c25-18-10-5-3-1-2-4-6-11-19-26-20-16-22(17-21-26)14-15-24(27)23-12-8-7-9-13-23;/h7-9,12-17,20-21H,1-6,10-11,18-19H2;1H/q+1;/p-1/b15-14+;. The Morgan fingerprint density at radius 2 is 1.39 bits per heavy atom. The highest BCUT2D eigenvalue weighted by Gasteiger charge is 2.02. The summed E-state index contributed by atoms with van der Waals surface area (Å²) in [7, 11) is 0. The average molecular weight is 509 g/mol. The third kappa shape index (κ3) is 10.3. The lowest BCUT2D eigenvalue weighted by Crippen LogP contribution is -3.00. The number of aromatic nitrogens is 1. The predicted molar refractivity (Wildman–Crippen MR) is 117 cm³/mol. The molecule has 0 aliphatic heterocycles. The summed E-state index contributed by atoms with van der Waals surface area (Å²) in [5, 5.41) is 1.14. The number of hydrogen-bond donors (Lipinski definition) is 0. The van der Waals surface area contributed by atoms with Crippen molar-refractivity contribution in [1.82, 2.24) is 0 Å². The number of aryl methyl sites for hydroxylation is 1. The van der Waals surface area contributed by atoms with Gasteiger partial charge in [-0.15, -0.1) is 0 Å². The van der Waals surface area contributed by atoms with Crippen LogP contribution in [0.3, 0.4) is 0 Å². The molecule has 0 spiro atoms. The highest BCUT2D eigenvalue weighted by Crippen LogP contribution is 2.09. The summed E-state index contributed by atoms with van der Waals surface area (Å²) in [4.78, 5) is 12.1. The predicted octanol–water partition coefficient (Wildman–Crippen LogP) is 3.39. The highest BCUT2D eigenvalue weighted by atomic mass is 79.9. The largest absolute Gasteiger partial charge is 1.00 e. The molecular formula is C24H31Br2NO. The van der Waals surface area contributed by atoms with E-state index >= 15 is 0 Å². The van der Waals surface area contributed by atoms with Gasteiger partial charge in [-0.2, -0.15) is 0 Å². The van der Waals surface area contributed by atoms with E-state index in [-0.39, 0.29) is 22.8 Å². The number of benzene rings is 1. The lowest BCUT2D eigenvalue weighted by molar-refractivity contribution is -0.697. The van der Waals surface area contributed by atoms with Gasteiger partial charge in [-0.1, -0.05) is 84.4 Å². The Balaban J connectivity index is 0.00000392. The molecule has 2 nitrogen and oxygen atoms in total. The molecule has 152 valence electrons. The van der Waals surface area contributed by atoms with Gasteiger partial charge < -0.3 is 17.0 Å². The molecule has 1 aromatic carbocycles. The van der Waals surface area contributed by atoms with Crippen molar-refractivity contribution in [2.45, 2.75) is 57.9 Å². The highest BCUT2D eigenvalue weighted by molar-refractivity contribution is 9.09. The van der Waals surface area contributed by atoms with Crippen LogP contribution in [0.2, 0.25) is 0 Å². The first-order valence-electron chi connectivity index (χ1n) is 10.1. The molecule has 0 N–H and O–H groups in total. The van der Waals surface area contributed by atoms with Crippen LogP contribution in [0, 0.1) is 0 Å². The van der Waals surface area contributed by atoms with E-state index in [9.17, 15) is 4.79 Å². The molecule has 28 heavy (non-hydrogen) atoms. The first-order valence-corrected chi connectivity index (χ1v) is 11.2. The summed E-state index contributed by atoms with van der Waals surface area (Å²) in [5.41, 5.74) is 1.78. The summed E-state index contributed by atoms with van der Waals surface area (Å²) in [6.45, 7) is 1.07. The van der Waals surface area contributed by atoms with Gasteiger partial charge in [-0.05, 0) is 24.5 Å². The Morgan fingerprint density at radius 3 is 2.00 bits per heavy atom. The quantitative estimate of drug-likeness (QED) is 0.133. The summed E-state index contributed by atoms with van der Waals surface area (Å²) in [6.07, 6.45) is 18.4. The number of unbranched alkanes of at least 4 members (excludes halogenated alkanes) is 7. The molecule has 2 rings (SSSR count). The van der Waals surface area contributed by atoms with Crippen molar-refractivity contribution >= 4 is 27.8 Å². The molecule has 0 atom stereocenters. The van der Waals surface area contributed by atoms with E-state index in [1.165, 1.54) is 51.4 Å². The maximum Gasteiger partial charge on any atom is 0.185 e. The second-order valence-electron chi connectivity index (χ2n) is 6.95. The van der Waals surface area contributed by atoms with Crippen LogP contribution in [0.1, 0.15) is 67.3 Å². The molecule has 0 amide bonds. The van der Waals surface area contributed by atoms with Gasteiger partial charge in [-0.25, -0.2) is 4.57 Å². The Hall–Kier alpha value is -1.26. The van der Waals surface area contributed by atoms with Crippen LogP contribution >= 0.6 is 15.9 Å². The van der Waals surface area contributed by atoms with E-state index in [0.717, 1.165) is 23.0 Å². The van der Waals surface area contributed by atoms with Gasteiger partial charge in [-0.3, -0.25) is 4.79 Å². The summed E-state index contributed by atoms with van der Waals surface area (Å²) in [5.74, 6) is 0.0412. The van der Waals surface area contributed by atoms with Crippen molar-refractivity contribution in [2.24, 2.45) is 0 Å². The number of nitrogens with zero attached hydrogens (tertiary/aromatic N) is 1. The maximum absolute atomic E-state index is 12.1. The Kier molecular flexibility index (Phi) is 13.8. The van der Waals surface area contributed by atoms with E-state index in [2.05, 4.69) is 45.0 Å². The zero-order chi connectivity index (χ0) is 19.2. The second-order valence-corrected chi connectivity index (χ2v) is 7.74. The average Bonchev–Trinajstić information content (AvgIpc) is 2.72. The van der Waals surface area contributed by atoms with Crippen LogP contribution in [-0.4, -0.2) is 11.1 Å². The minimum Gasteiger partial charge on any atom is -1.00 e. The molecule has 0 aliphatic carbocycles. The maximum atomic E-state index is 12.1. The zero-order valence-corrected chi connectivity index (χ0v) is 19.7. The van der Waals surface area contributed by atoms with Crippen molar-refractivity contribution in [2.75, 3.05) is 5.33 Å². The monoisotopic (exact) mass is 507 g/mol. The third-order valence-corrected chi connectivity index (χ3v) is 5.26. The molecule has 0 saturated heterocycles. The molecular weight excluding hydrogens is 478 g/mol. The van der Waals surface area contributed by atoms with Crippen LogP contribution in [-0.2, 0) is 6.54 Å². The Labute approximate surface area is 189 Å². The SMILES string of the molecule is O=C(/C=C/c1cc[n+](CCCCCCCCCCBr)cc1)c1ccccc1.[Br-]. The molecule has 0 unspecified atom stereocenters. The number of pyridine rings is 1. The fourth-order valence-corrected chi connectivity index (χ4v) is 3.45. The van der Waals surface area contributed by atoms with Crippen LogP contribution in [0.5, 0.6) is 0 Å². The van der Waals surface area contributed by atoms with E-state index in [1.54, 1.807) is 6.08 Å². The summed E-state index contributed by atoms with van der Waals surface area (Å²) in [6, 6.07) is 13.5. The Morgan fingerprint density at radius 1 is 0.821 bits per heavy atom. The van der Waals surface area contributed by atoms with Crippen molar-refractivity contribution in [3.63, 3.8) is 0 Å². The van der Waals surface area contributed by atoms with Gasteiger partial charge in [0, 0.05) is 29.4 Å². The van der Waals surface area contributed by atoms with Crippen molar-refractivity contribution in [1.29, 1.82) is 0 Å². The van der Waals surface area contributed by atoms with Crippen LogP contribution in [0.25, 0.3) is 6.08 Å². The summed E-state index contributed by atoms with van der Waals surface area (Å²) < 4.78 is 2.23. The number of carbonyl (C=O) groups is 1. The van der Waals surface area contributed by atoms with E-state index in [1.807, 2.05) is 36.4 Å². The third-order valence-electron chi connectivity index (χ3n) is 4.70. The second kappa shape index (κ2) is 15.6. The lowest BCUT2D eigenvalue weighted by Gasteiger charge is -2.01. The molecule has 4 heteroatoms. The molecule has 1 heterocycles. The van der Waals surface area contributed by atoms with Crippen molar-refractivity contribution in [3.05, 3.63) is 72.1 Å². The minimum atomic E-state index is 0. The normalized spacial score (nSPS) is 10.8. The van der Waals surface area contributed by atoms with E-state index in [0.29, 0.717) is 0 Å². The first kappa shape index (κ1) is 24.8. The zero-order valence-electron chi connectivity index (χ0n) is 16.5. The summed E-state index contributed by atoms with van der Waals surface area (Å²) >= 11 is 3.48. The lowest BCUT2D eigenvalue weighted by atomic mass is 10.1. The number of alkyl halides is 1. The first-order chi connectivity index (χ1) is 13.3. The molecule has 0 saturated carbocycles. The van der Waals surface area contributed by atoms with Gasteiger partial charge in [0.1, 0.15) is 6.54 Å². The molecule has 2 aromatic rings.